The number of rotatable bonds is 6. The van der Waals surface area contributed by atoms with Crippen molar-refractivity contribution in [2.45, 2.75) is 11.8 Å². The first kappa shape index (κ1) is 15.0. The molecule has 1 aromatic carbocycles. The fourth-order valence-corrected chi connectivity index (χ4v) is 2.52. The Morgan fingerprint density at radius 2 is 2.11 bits per heavy atom. The van der Waals surface area contributed by atoms with Crippen LogP contribution in [0, 0.1) is 0 Å². The Labute approximate surface area is 112 Å². The first-order chi connectivity index (χ1) is 8.44. The average molecular weight is 288 g/mol. The Bertz CT molecular complexity index is 515. The van der Waals surface area contributed by atoms with Crippen LogP contribution in [0.2, 0.25) is 0 Å². The van der Waals surface area contributed by atoms with Crippen molar-refractivity contribution in [1.29, 1.82) is 0 Å². The summed E-state index contributed by atoms with van der Waals surface area (Å²) in [6, 6.07) is 6.74. The molecule has 1 rings (SSSR count). The summed E-state index contributed by atoms with van der Waals surface area (Å²) in [7, 11) is -3.30. The summed E-state index contributed by atoms with van der Waals surface area (Å²) in [5.41, 5.74) is 0.461. The molecule has 2 N–H and O–H groups in total. The van der Waals surface area contributed by atoms with Crippen LogP contribution in [0.25, 0.3) is 0 Å². The largest absolute Gasteiger partial charge is 0.351 e. The Hall–Kier alpha value is -1.05. The van der Waals surface area contributed by atoms with E-state index in [-0.39, 0.29) is 18.2 Å². The van der Waals surface area contributed by atoms with Crippen molar-refractivity contribution in [3.8, 4) is 0 Å². The molecule has 18 heavy (non-hydrogen) atoms. The lowest BCUT2D eigenvalue weighted by Gasteiger charge is -2.07. The van der Waals surface area contributed by atoms with Gasteiger partial charge >= 0.3 is 0 Å². The molecule has 0 bridgehead atoms. The Morgan fingerprint density at radius 1 is 1.39 bits per heavy atom. The lowest BCUT2D eigenvalue weighted by Crippen LogP contribution is -2.34. The highest BCUT2D eigenvalue weighted by Gasteiger charge is 2.10. The van der Waals surface area contributed by atoms with Gasteiger partial charge in [-0.15, -0.1) is 12.6 Å². The van der Waals surface area contributed by atoms with Crippen molar-refractivity contribution in [2.75, 3.05) is 18.8 Å². The van der Waals surface area contributed by atoms with E-state index in [9.17, 15) is 13.2 Å². The number of hydrogen-bond acceptors (Lipinski definition) is 4. The van der Waals surface area contributed by atoms with Gasteiger partial charge in [0.2, 0.25) is 10.0 Å². The standard InChI is InChI=1S/C11H16N2O3S2/c1-2-13-18(15,16)7-6-12-11(14)9-4-3-5-10(17)8-9/h3-5,8,13,17H,2,6-7H2,1H3,(H,12,14). The van der Waals surface area contributed by atoms with E-state index in [1.54, 1.807) is 31.2 Å². The maximum atomic E-state index is 11.7. The zero-order valence-corrected chi connectivity index (χ0v) is 11.7. The van der Waals surface area contributed by atoms with Crippen molar-refractivity contribution < 1.29 is 13.2 Å². The molecule has 0 heterocycles. The molecule has 0 radical (unpaired) electrons. The fraction of sp³-hybridized carbons (Fsp3) is 0.364. The van der Waals surface area contributed by atoms with Gasteiger partial charge in [0, 0.05) is 23.5 Å². The molecular formula is C11H16N2O3S2. The Balaban J connectivity index is 2.48. The Kier molecular flexibility index (Phi) is 5.64. The summed E-state index contributed by atoms with van der Waals surface area (Å²) in [6.07, 6.45) is 0. The predicted molar refractivity (Wildman–Crippen MR) is 73.5 cm³/mol. The maximum Gasteiger partial charge on any atom is 0.251 e. The van der Waals surface area contributed by atoms with Crippen molar-refractivity contribution in [1.82, 2.24) is 10.0 Å². The smallest absolute Gasteiger partial charge is 0.251 e. The molecule has 0 aromatic heterocycles. The topological polar surface area (TPSA) is 75.3 Å². The number of thiol groups is 1. The highest BCUT2D eigenvalue weighted by atomic mass is 32.2. The highest BCUT2D eigenvalue weighted by Crippen LogP contribution is 2.08. The van der Waals surface area contributed by atoms with Gasteiger partial charge in [-0.05, 0) is 18.2 Å². The van der Waals surface area contributed by atoms with E-state index in [2.05, 4.69) is 22.7 Å². The van der Waals surface area contributed by atoms with Crippen molar-refractivity contribution in [3.05, 3.63) is 29.8 Å². The number of carbonyl (C=O) groups is 1. The summed E-state index contributed by atoms with van der Waals surface area (Å²) in [6.45, 7) is 2.12. The molecule has 100 valence electrons. The maximum absolute atomic E-state index is 11.7. The van der Waals surface area contributed by atoms with E-state index in [4.69, 9.17) is 0 Å². The number of sulfonamides is 1. The van der Waals surface area contributed by atoms with Crippen molar-refractivity contribution in [2.24, 2.45) is 0 Å². The zero-order chi connectivity index (χ0) is 13.6. The third-order valence-electron chi connectivity index (χ3n) is 2.13. The molecule has 0 saturated carbocycles. The summed E-state index contributed by atoms with van der Waals surface area (Å²) in [5, 5.41) is 2.55. The predicted octanol–water partition coefficient (Wildman–Crippen LogP) is 0.644. The monoisotopic (exact) mass is 288 g/mol. The number of benzene rings is 1. The summed E-state index contributed by atoms with van der Waals surface area (Å²) in [4.78, 5) is 12.4. The summed E-state index contributed by atoms with van der Waals surface area (Å²) in [5.74, 6) is -0.440. The number of carbonyl (C=O) groups excluding carboxylic acids is 1. The van der Waals surface area contributed by atoms with Gasteiger partial charge in [0.15, 0.2) is 0 Å². The van der Waals surface area contributed by atoms with E-state index in [1.165, 1.54) is 0 Å². The van der Waals surface area contributed by atoms with E-state index in [0.29, 0.717) is 17.0 Å². The molecule has 0 aliphatic heterocycles. The van der Waals surface area contributed by atoms with Gasteiger partial charge in [-0.1, -0.05) is 13.0 Å². The van der Waals surface area contributed by atoms with Crippen LogP contribution in [0.1, 0.15) is 17.3 Å². The van der Waals surface area contributed by atoms with Crippen LogP contribution in [0.5, 0.6) is 0 Å². The minimum Gasteiger partial charge on any atom is -0.351 e. The van der Waals surface area contributed by atoms with Gasteiger partial charge in [0.1, 0.15) is 0 Å². The molecule has 0 fully saturated rings. The van der Waals surface area contributed by atoms with Gasteiger partial charge in [-0.2, -0.15) is 0 Å². The lowest BCUT2D eigenvalue weighted by molar-refractivity contribution is 0.0956. The number of nitrogens with one attached hydrogen (secondary N) is 2. The SMILES string of the molecule is CCNS(=O)(=O)CCNC(=O)c1cccc(S)c1. The first-order valence-electron chi connectivity index (χ1n) is 5.49. The first-order valence-corrected chi connectivity index (χ1v) is 7.59. The fourth-order valence-electron chi connectivity index (χ4n) is 1.34. The van der Waals surface area contributed by atoms with Crippen LogP contribution in [0.15, 0.2) is 29.2 Å². The highest BCUT2D eigenvalue weighted by molar-refractivity contribution is 7.89. The van der Waals surface area contributed by atoms with Crippen molar-refractivity contribution in [3.63, 3.8) is 0 Å². The molecule has 0 aliphatic carbocycles. The van der Waals surface area contributed by atoms with E-state index >= 15 is 0 Å². The molecule has 5 nitrogen and oxygen atoms in total. The van der Waals surface area contributed by atoms with Crippen molar-refractivity contribution >= 4 is 28.6 Å². The van der Waals surface area contributed by atoms with Crippen LogP contribution in [0.3, 0.4) is 0 Å². The second kappa shape index (κ2) is 6.77. The molecule has 1 amide bonds. The van der Waals surface area contributed by atoms with Crippen LogP contribution >= 0.6 is 12.6 Å². The molecule has 7 heteroatoms. The number of hydrogen-bond donors (Lipinski definition) is 3. The minimum atomic E-state index is -3.30. The van der Waals surface area contributed by atoms with E-state index < -0.39 is 10.0 Å². The van der Waals surface area contributed by atoms with Crippen LogP contribution in [-0.2, 0) is 10.0 Å². The molecule has 0 aliphatic rings. The van der Waals surface area contributed by atoms with Gasteiger partial charge in [0.05, 0.1) is 5.75 Å². The average Bonchev–Trinajstić information content (AvgIpc) is 2.28. The van der Waals surface area contributed by atoms with Crippen LogP contribution < -0.4 is 10.0 Å². The normalized spacial score (nSPS) is 11.2. The third-order valence-corrected chi connectivity index (χ3v) is 3.88. The zero-order valence-electron chi connectivity index (χ0n) is 10.0. The molecule has 0 unspecified atom stereocenters. The summed E-state index contributed by atoms with van der Waals surface area (Å²) < 4.78 is 25.0. The van der Waals surface area contributed by atoms with Crippen LogP contribution in [0.4, 0.5) is 0 Å². The van der Waals surface area contributed by atoms with E-state index in [1.807, 2.05) is 0 Å². The van der Waals surface area contributed by atoms with Crippen LogP contribution in [-0.4, -0.2) is 33.2 Å². The minimum absolute atomic E-state index is 0.0744. The van der Waals surface area contributed by atoms with E-state index in [0.717, 1.165) is 0 Å². The molecule has 0 atom stereocenters. The lowest BCUT2D eigenvalue weighted by atomic mass is 10.2. The molecule has 1 aromatic rings. The second-order valence-corrected chi connectivity index (χ2v) is 6.07. The second-order valence-electron chi connectivity index (χ2n) is 3.62. The van der Waals surface area contributed by atoms with Gasteiger partial charge in [-0.3, -0.25) is 4.79 Å². The Morgan fingerprint density at radius 3 is 2.72 bits per heavy atom. The number of amides is 1. The van der Waals surface area contributed by atoms with Gasteiger partial charge < -0.3 is 5.32 Å². The third kappa shape index (κ3) is 5.07. The molecule has 0 spiro atoms. The summed E-state index contributed by atoms with van der Waals surface area (Å²) >= 11 is 4.13. The molecular weight excluding hydrogens is 272 g/mol. The quantitative estimate of drug-likeness (QED) is 0.673. The molecule has 0 saturated heterocycles. The van der Waals surface area contributed by atoms with Gasteiger partial charge in [0.25, 0.3) is 5.91 Å². The van der Waals surface area contributed by atoms with Gasteiger partial charge in [-0.25, -0.2) is 13.1 Å².